The third kappa shape index (κ3) is 5.12. The minimum Gasteiger partial charge on any atom is -0.487 e. The summed E-state index contributed by atoms with van der Waals surface area (Å²) in [6.07, 6.45) is -0.345. The summed E-state index contributed by atoms with van der Waals surface area (Å²) in [5.41, 5.74) is 6.20. The zero-order valence-corrected chi connectivity index (χ0v) is 23.4. The predicted octanol–water partition coefficient (Wildman–Crippen LogP) is 5.98. The number of ether oxygens (including phenoxy) is 1. The quantitative estimate of drug-likeness (QED) is 0.257. The maximum atomic E-state index is 12.0. The number of rotatable bonds is 7. The molecule has 1 unspecified atom stereocenters. The van der Waals surface area contributed by atoms with Crippen LogP contribution in [0.3, 0.4) is 0 Å². The van der Waals surface area contributed by atoms with E-state index < -0.39 is 22.7 Å². The van der Waals surface area contributed by atoms with Crippen molar-refractivity contribution in [1.82, 2.24) is 19.3 Å². The van der Waals surface area contributed by atoms with Crippen LogP contribution in [0.5, 0.6) is 5.75 Å². The molecule has 5 rings (SSSR count). The van der Waals surface area contributed by atoms with Crippen molar-refractivity contribution in [2.24, 2.45) is 0 Å². The molecule has 0 spiro atoms. The number of carbonyl (C=O) groups is 1. The molecule has 2 heterocycles. The monoisotopic (exact) mass is 550 g/mol. The Morgan fingerprint density at radius 3 is 2.67 bits per heavy atom. The van der Waals surface area contributed by atoms with E-state index in [1.165, 1.54) is 0 Å². The van der Waals surface area contributed by atoms with Crippen molar-refractivity contribution in [3.8, 4) is 5.75 Å². The van der Waals surface area contributed by atoms with Gasteiger partial charge in [0.1, 0.15) is 22.3 Å². The smallest absolute Gasteiger partial charge is 0.304 e. The highest BCUT2D eigenvalue weighted by atomic mass is 32.3. The van der Waals surface area contributed by atoms with Crippen LogP contribution in [0.15, 0.2) is 59.5 Å². The fourth-order valence-electron chi connectivity index (χ4n) is 5.36. The van der Waals surface area contributed by atoms with Gasteiger partial charge in [0.05, 0.1) is 18.5 Å². The molecule has 3 aromatic carbocycles. The molecule has 39 heavy (non-hydrogen) atoms. The van der Waals surface area contributed by atoms with Gasteiger partial charge in [-0.3, -0.25) is 13.9 Å². The first-order valence-electron chi connectivity index (χ1n) is 13.0. The van der Waals surface area contributed by atoms with E-state index in [2.05, 4.69) is 10.3 Å². The lowest BCUT2D eigenvalue weighted by Crippen LogP contribution is -2.33. The Hall–Kier alpha value is -3.44. The van der Waals surface area contributed by atoms with Crippen molar-refractivity contribution >= 4 is 27.8 Å². The molecule has 0 fully saturated rings. The molecule has 3 N–H and O–H groups in total. The fourth-order valence-corrected chi connectivity index (χ4v) is 7.02. The molecule has 0 saturated heterocycles. The topological polar surface area (TPSA) is 121 Å². The number of hydrogen-bond donors (Lipinski definition) is 3. The minimum absolute atomic E-state index is 0.0894. The van der Waals surface area contributed by atoms with Crippen molar-refractivity contribution in [3.63, 3.8) is 0 Å². The number of carboxylic acids is 1. The Morgan fingerprint density at radius 2 is 1.92 bits per heavy atom. The van der Waals surface area contributed by atoms with Gasteiger partial charge in [0.2, 0.25) is 0 Å². The van der Waals surface area contributed by atoms with E-state index in [0.717, 1.165) is 38.9 Å². The molecular formula is C29H34N4O5S. The van der Waals surface area contributed by atoms with Gasteiger partial charge in [-0.25, -0.2) is 4.68 Å². The number of para-hydroxylation sites is 1. The number of aromatic nitrogens is 3. The van der Waals surface area contributed by atoms with Crippen LogP contribution in [0.1, 0.15) is 54.0 Å². The zero-order valence-electron chi connectivity index (χ0n) is 22.5. The van der Waals surface area contributed by atoms with Crippen molar-refractivity contribution in [1.29, 1.82) is 0 Å². The second kappa shape index (κ2) is 10.6. The zero-order chi connectivity index (χ0) is 27.9. The van der Waals surface area contributed by atoms with E-state index in [9.17, 15) is 19.0 Å². The van der Waals surface area contributed by atoms with Gasteiger partial charge < -0.3 is 9.84 Å². The van der Waals surface area contributed by atoms with Gasteiger partial charge in [-0.2, -0.15) is 4.31 Å². The van der Waals surface area contributed by atoms with Crippen LogP contribution in [-0.4, -0.2) is 52.1 Å². The first-order chi connectivity index (χ1) is 18.6. The number of carboxylic acid groups (broad SMARTS) is 1. The molecular weight excluding hydrogens is 516 g/mol. The van der Waals surface area contributed by atoms with Crippen molar-refractivity contribution in [3.05, 3.63) is 82.4 Å². The summed E-state index contributed by atoms with van der Waals surface area (Å²) in [5.74, 6) is -0.834. The molecule has 0 saturated carbocycles. The van der Waals surface area contributed by atoms with E-state index in [1.54, 1.807) is 22.5 Å². The van der Waals surface area contributed by atoms with E-state index >= 15 is 0 Å². The Kier molecular flexibility index (Phi) is 7.39. The maximum absolute atomic E-state index is 12.0. The van der Waals surface area contributed by atoms with Crippen LogP contribution >= 0.6 is 10.8 Å². The molecule has 206 valence electrons. The number of aryl methyl sites for hydroxylation is 3. The van der Waals surface area contributed by atoms with Crippen molar-refractivity contribution in [2.75, 3.05) is 6.54 Å². The van der Waals surface area contributed by atoms with Gasteiger partial charge in [0.25, 0.3) is 0 Å². The van der Waals surface area contributed by atoms with E-state index in [1.807, 2.05) is 68.8 Å². The van der Waals surface area contributed by atoms with Crippen LogP contribution < -0.4 is 4.74 Å². The number of fused-ring (bicyclic) bond motifs is 2. The molecule has 9 nitrogen and oxygen atoms in total. The summed E-state index contributed by atoms with van der Waals surface area (Å²) in [6.45, 7) is 9.13. The highest BCUT2D eigenvalue weighted by Crippen LogP contribution is 2.57. The number of benzene rings is 3. The highest BCUT2D eigenvalue weighted by Gasteiger charge is 2.34. The molecule has 4 aromatic rings. The molecule has 0 aliphatic carbocycles. The lowest BCUT2D eigenvalue weighted by atomic mass is 9.84. The predicted molar refractivity (Wildman–Crippen MR) is 151 cm³/mol. The Balaban J connectivity index is 1.54. The molecule has 10 heteroatoms. The molecule has 2 atom stereocenters. The van der Waals surface area contributed by atoms with Gasteiger partial charge >= 0.3 is 5.97 Å². The van der Waals surface area contributed by atoms with Gasteiger partial charge in [-0.15, -0.1) is 15.9 Å². The molecule has 0 radical (unpaired) electrons. The van der Waals surface area contributed by atoms with Crippen molar-refractivity contribution in [2.45, 2.75) is 64.1 Å². The van der Waals surface area contributed by atoms with Crippen molar-refractivity contribution < 1.29 is 23.7 Å². The number of aliphatic carboxylic acids is 1. The molecule has 1 aromatic heterocycles. The third-order valence-corrected chi connectivity index (χ3v) is 9.38. The molecule has 0 amide bonds. The van der Waals surface area contributed by atoms with Crippen LogP contribution in [0.4, 0.5) is 0 Å². The second-order valence-electron chi connectivity index (χ2n) is 10.1. The first-order valence-corrected chi connectivity index (χ1v) is 14.5. The molecule has 1 aliphatic heterocycles. The van der Waals surface area contributed by atoms with Crippen LogP contribution in [0.2, 0.25) is 0 Å². The summed E-state index contributed by atoms with van der Waals surface area (Å²) < 4.78 is 32.2. The normalized spacial score (nSPS) is 18.7. The summed E-state index contributed by atoms with van der Waals surface area (Å²) in [6, 6.07) is 16.9. The maximum Gasteiger partial charge on any atom is 0.304 e. The summed E-state index contributed by atoms with van der Waals surface area (Å²) >= 11 is 0. The standard InChI is InChI=1S/C29H34N4O5S/c1-5-33-25-13-12-23(20(4)29(25)30-31-33)24(15-28(34)35)21-11-10-18(2)22(14-21)17-32-16-19(3)38-26-8-6-7-9-27(26)39(32,36)37/h6-14,19,24,36-37H,5,15-17H2,1-4H3,(H,34,35)/t19-,24?/m1/s1. The van der Waals surface area contributed by atoms with Gasteiger partial charge in [-0.1, -0.05) is 41.6 Å². The Labute approximate surface area is 229 Å². The first kappa shape index (κ1) is 27.1. The van der Waals surface area contributed by atoms with Crippen LogP contribution in [0, 0.1) is 13.8 Å². The molecule has 0 bridgehead atoms. The average Bonchev–Trinajstić information content (AvgIpc) is 3.29. The average molecular weight is 551 g/mol. The highest BCUT2D eigenvalue weighted by molar-refractivity contribution is 8.22. The fraction of sp³-hybridized carbons (Fsp3) is 0.345. The second-order valence-corrected chi connectivity index (χ2v) is 12.1. The summed E-state index contributed by atoms with van der Waals surface area (Å²) in [5, 5.41) is 18.4. The van der Waals surface area contributed by atoms with E-state index in [0.29, 0.717) is 23.7 Å². The van der Waals surface area contributed by atoms with Gasteiger partial charge in [0, 0.05) is 19.0 Å². The summed E-state index contributed by atoms with van der Waals surface area (Å²) in [4.78, 5) is 12.4. The molecule has 1 aliphatic rings. The van der Waals surface area contributed by atoms with Crippen LogP contribution in [0.25, 0.3) is 11.0 Å². The summed E-state index contributed by atoms with van der Waals surface area (Å²) in [7, 11) is -3.31. The van der Waals surface area contributed by atoms with E-state index in [4.69, 9.17) is 4.74 Å². The number of nitrogens with zero attached hydrogens (tertiary/aromatic N) is 4. The van der Waals surface area contributed by atoms with E-state index in [-0.39, 0.29) is 19.1 Å². The third-order valence-electron chi connectivity index (χ3n) is 7.45. The lowest BCUT2D eigenvalue weighted by Gasteiger charge is -2.42. The minimum atomic E-state index is -3.31. The largest absolute Gasteiger partial charge is 0.487 e. The number of hydrogen-bond acceptors (Lipinski definition) is 7. The van der Waals surface area contributed by atoms with Crippen LogP contribution in [-0.2, 0) is 17.9 Å². The Bertz CT molecular complexity index is 1540. The van der Waals surface area contributed by atoms with Gasteiger partial charge in [-0.05, 0) is 73.7 Å². The Morgan fingerprint density at radius 1 is 1.15 bits per heavy atom. The SMILES string of the molecule is CCn1nnc2c(C)c(C(CC(=O)O)c3ccc(C)c(CN4C[C@@H](C)Oc5ccccc5S4(O)O)c3)ccc21. The van der Waals surface area contributed by atoms with Gasteiger partial charge in [0.15, 0.2) is 0 Å². The lowest BCUT2D eigenvalue weighted by molar-refractivity contribution is -0.137.